The Kier molecular flexibility index (Phi) is 4.97. The van der Waals surface area contributed by atoms with Crippen molar-refractivity contribution in [3.63, 3.8) is 0 Å². The van der Waals surface area contributed by atoms with Gasteiger partial charge in [-0.05, 0) is 25.0 Å². The number of nitrogens with zero attached hydrogens (tertiary/aromatic N) is 2. The monoisotopic (exact) mass is 291 g/mol. The summed E-state index contributed by atoms with van der Waals surface area (Å²) in [6.07, 6.45) is 5.88. The van der Waals surface area contributed by atoms with E-state index in [9.17, 15) is 9.59 Å². The van der Waals surface area contributed by atoms with Gasteiger partial charge in [-0.1, -0.05) is 12.8 Å². The van der Waals surface area contributed by atoms with Gasteiger partial charge in [0.05, 0.1) is 5.56 Å². The summed E-state index contributed by atoms with van der Waals surface area (Å²) in [6, 6.07) is 3.16. The van der Waals surface area contributed by atoms with Gasteiger partial charge in [0.25, 0.3) is 5.91 Å². The van der Waals surface area contributed by atoms with E-state index in [2.05, 4.69) is 21.2 Å². The maximum Gasteiger partial charge on any atom is 0.333 e. The van der Waals surface area contributed by atoms with Gasteiger partial charge >= 0.3 is 6.03 Å². The number of urea groups is 1. The number of amides is 3. The fourth-order valence-corrected chi connectivity index (χ4v) is 2.40. The van der Waals surface area contributed by atoms with Crippen LogP contribution in [0.25, 0.3) is 0 Å². The zero-order valence-electron chi connectivity index (χ0n) is 12.3. The molecule has 1 aliphatic rings. The van der Waals surface area contributed by atoms with E-state index in [1.165, 1.54) is 0 Å². The van der Waals surface area contributed by atoms with Crippen molar-refractivity contribution < 1.29 is 9.59 Å². The molecule has 1 aromatic rings. The van der Waals surface area contributed by atoms with E-state index >= 15 is 0 Å². The number of rotatable bonds is 3. The number of carbonyl (C=O) groups is 2. The van der Waals surface area contributed by atoms with Gasteiger partial charge in [0, 0.05) is 26.3 Å². The van der Waals surface area contributed by atoms with E-state index in [-0.39, 0.29) is 12.1 Å². The van der Waals surface area contributed by atoms with Gasteiger partial charge in [0.2, 0.25) is 0 Å². The normalized spacial score (nSPS) is 14.6. The van der Waals surface area contributed by atoms with E-state index in [4.69, 9.17) is 0 Å². The molecular formula is C14H21N5O2. The van der Waals surface area contributed by atoms with Crippen molar-refractivity contribution in [2.45, 2.75) is 31.7 Å². The summed E-state index contributed by atoms with van der Waals surface area (Å²) in [5.41, 5.74) is 5.18. The molecule has 0 saturated heterocycles. The van der Waals surface area contributed by atoms with Crippen LogP contribution in [0.3, 0.4) is 0 Å². The summed E-state index contributed by atoms with van der Waals surface area (Å²) < 4.78 is 0. The highest BCUT2D eigenvalue weighted by Gasteiger charge is 2.18. The highest BCUT2D eigenvalue weighted by molar-refractivity contribution is 5.99. The molecule has 3 N–H and O–H groups in total. The standard InChI is InChI=1S/C14H21N5O2/c1-19(2)12-11(8-5-9-15-12)13(20)17-18-14(21)16-10-6-3-4-7-10/h5,8-10H,3-4,6-7H2,1-2H3,(H,17,20)(H2,16,18,21). The Hall–Kier alpha value is -2.31. The van der Waals surface area contributed by atoms with Gasteiger partial charge in [-0.25, -0.2) is 15.2 Å². The molecule has 1 saturated carbocycles. The van der Waals surface area contributed by atoms with Crippen LogP contribution in [0.15, 0.2) is 18.3 Å². The average molecular weight is 291 g/mol. The van der Waals surface area contributed by atoms with Crippen LogP contribution in [-0.2, 0) is 0 Å². The van der Waals surface area contributed by atoms with Gasteiger partial charge in [-0.3, -0.25) is 10.2 Å². The van der Waals surface area contributed by atoms with Gasteiger partial charge in [0.15, 0.2) is 0 Å². The van der Waals surface area contributed by atoms with Crippen LogP contribution in [-0.4, -0.2) is 37.1 Å². The molecule has 0 radical (unpaired) electrons. The van der Waals surface area contributed by atoms with Crippen molar-refractivity contribution in [1.82, 2.24) is 21.2 Å². The summed E-state index contributed by atoms with van der Waals surface area (Å²) in [4.78, 5) is 29.7. The molecule has 2 rings (SSSR count). The van der Waals surface area contributed by atoms with Gasteiger partial charge in [-0.15, -0.1) is 0 Å². The average Bonchev–Trinajstić information content (AvgIpc) is 2.97. The fourth-order valence-electron chi connectivity index (χ4n) is 2.40. The van der Waals surface area contributed by atoms with Crippen molar-refractivity contribution in [3.8, 4) is 0 Å². The van der Waals surface area contributed by atoms with Crippen molar-refractivity contribution in [1.29, 1.82) is 0 Å². The van der Waals surface area contributed by atoms with Crippen molar-refractivity contribution >= 4 is 17.8 Å². The van der Waals surface area contributed by atoms with Crippen LogP contribution >= 0.6 is 0 Å². The highest BCUT2D eigenvalue weighted by atomic mass is 16.2. The Morgan fingerprint density at radius 1 is 1.24 bits per heavy atom. The van der Waals surface area contributed by atoms with E-state index in [0.717, 1.165) is 25.7 Å². The molecule has 21 heavy (non-hydrogen) atoms. The molecule has 0 aliphatic heterocycles. The minimum Gasteiger partial charge on any atom is -0.362 e. The third-order valence-electron chi connectivity index (χ3n) is 3.43. The smallest absolute Gasteiger partial charge is 0.333 e. The quantitative estimate of drug-likeness (QED) is 0.726. The molecule has 1 heterocycles. The summed E-state index contributed by atoms with van der Waals surface area (Å²) in [5, 5.41) is 2.83. The van der Waals surface area contributed by atoms with Crippen LogP contribution in [0.4, 0.5) is 10.6 Å². The predicted molar refractivity (Wildman–Crippen MR) is 80.0 cm³/mol. The molecule has 1 aliphatic carbocycles. The largest absolute Gasteiger partial charge is 0.362 e. The molecule has 3 amide bonds. The Morgan fingerprint density at radius 2 is 1.95 bits per heavy atom. The second kappa shape index (κ2) is 6.92. The highest BCUT2D eigenvalue weighted by Crippen LogP contribution is 2.17. The Morgan fingerprint density at radius 3 is 2.62 bits per heavy atom. The molecule has 1 fully saturated rings. The minimum absolute atomic E-state index is 0.206. The van der Waals surface area contributed by atoms with Crippen LogP contribution in [0, 0.1) is 0 Å². The summed E-state index contributed by atoms with van der Waals surface area (Å²) in [7, 11) is 3.61. The third kappa shape index (κ3) is 4.08. The summed E-state index contributed by atoms with van der Waals surface area (Å²) in [6.45, 7) is 0. The molecule has 1 aromatic heterocycles. The van der Waals surface area contributed by atoms with E-state index in [0.29, 0.717) is 11.4 Å². The first-order valence-electron chi connectivity index (χ1n) is 7.07. The van der Waals surface area contributed by atoms with Crippen LogP contribution in [0.1, 0.15) is 36.0 Å². The van der Waals surface area contributed by atoms with E-state index in [1.807, 2.05) is 0 Å². The first-order chi connectivity index (χ1) is 10.1. The van der Waals surface area contributed by atoms with Crippen molar-refractivity contribution in [2.24, 2.45) is 0 Å². The van der Waals surface area contributed by atoms with Crippen LogP contribution < -0.4 is 21.1 Å². The van der Waals surface area contributed by atoms with Crippen molar-refractivity contribution in [2.75, 3.05) is 19.0 Å². The molecule has 7 heteroatoms. The number of anilines is 1. The van der Waals surface area contributed by atoms with Gasteiger partial charge in [-0.2, -0.15) is 0 Å². The number of hydrazine groups is 1. The molecular weight excluding hydrogens is 270 g/mol. The lowest BCUT2D eigenvalue weighted by atomic mass is 10.2. The fraction of sp³-hybridized carbons (Fsp3) is 0.500. The molecule has 0 atom stereocenters. The lowest BCUT2D eigenvalue weighted by molar-refractivity contribution is 0.0936. The molecule has 0 unspecified atom stereocenters. The Bertz CT molecular complexity index is 512. The summed E-state index contributed by atoms with van der Waals surface area (Å²) >= 11 is 0. The maximum atomic E-state index is 12.1. The molecule has 7 nitrogen and oxygen atoms in total. The zero-order chi connectivity index (χ0) is 15.2. The zero-order valence-corrected chi connectivity index (χ0v) is 12.3. The van der Waals surface area contributed by atoms with Gasteiger partial charge in [0.1, 0.15) is 5.82 Å². The minimum atomic E-state index is -0.395. The van der Waals surface area contributed by atoms with E-state index < -0.39 is 5.91 Å². The Labute approximate surface area is 124 Å². The lowest BCUT2D eigenvalue weighted by Crippen LogP contribution is -2.49. The summed E-state index contributed by atoms with van der Waals surface area (Å²) in [5.74, 6) is 0.154. The van der Waals surface area contributed by atoms with Crippen LogP contribution in [0.2, 0.25) is 0 Å². The first-order valence-corrected chi connectivity index (χ1v) is 7.07. The second-order valence-electron chi connectivity index (χ2n) is 5.30. The van der Waals surface area contributed by atoms with E-state index in [1.54, 1.807) is 37.3 Å². The first kappa shape index (κ1) is 15.1. The lowest BCUT2D eigenvalue weighted by Gasteiger charge is -2.16. The van der Waals surface area contributed by atoms with Gasteiger partial charge < -0.3 is 10.2 Å². The number of pyridine rings is 1. The molecule has 0 aromatic carbocycles. The second-order valence-corrected chi connectivity index (χ2v) is 5.30. The molecule has 0 spiro atoms. The number of hydrogen-bond donors (Lipinski definition) is 3. The Balaban J connectivity index is 1.88. The SMILES string of the molecule is CN(C)c1ncccc1C(=O)NNC(=O)NC1CCCC1. The molecule has 114 valence electrons. The molecule has 0 bridgehead atoms. The number of hydrogen-bond acceptors (Lipinski definition) is 4. The van der Waals surface area contributed by atoms with Crippen LogP contribution in [0.5, 0.6) is 0 Å². The third-order valence-corrected chi connectivity index (χ3v) is 3.43. The number of carbonyl (C=O) groups excluding carboxylic acids is 2. The topological polar surface area (TPSA) is 86.4 Å². The number of aromatic nitrogens is 1. The predicted octanol–water partition coefficient (Wildman–Crippen LogP) is 1.03. The number of nitrogens with one attached hydrogen (secondary N) is 3. The maximum absolute atomic E-state index is 12.1. The van der Waals surface area contributed by atoms with Crippen molar-refractivity contribution in [3.05, 3.63) is 23.9 Å².